The molecule has 2 aromatic heterocycles. The largest absolute Gasteiger partial charge is 0.444 e. The highest BCUT2D eigenvalue weighted by Crippen LogP contribution is 2.37. The monoisotopic (exact) mass is 560 g/mol. The van der Waals surface area contributed by atoms with Gasteiger partial charge >= 0.3 is 11.8 Å². The van der Waals surface area contributed by atoms with Crippen LogP contribution < -0.4 is 26.4 Å². The molecule has 2 atom stereocenters. The molecule has 1 unspecified atom stereocenters. The lowest BCUT2D eigenvalue weighted by Gasteiger charge is -2.42. The van der Waals surface area contributed by atoms with Crippen molar-refractivity contribution >= 4 is 28.5 Å². The van der Waals surface area contributed by atoms with Gasteiger partial charge in [-0.25, -0.2) is 24.1 Å². The number of carbonyl (C=O) groups excluding carboxylic acids is 1. The first kappa shape index (κ1) is 28.2. The predicted octanol–water partition coefficient (Wildman–Crippen LogP) is 2.03. The Morgan fingerprint density at radius 3 is 2.73 bits per heavy atom. The number of nitrogens with zero attached hydrogens (tertiary/aromatic N) is 7. The number of alkyl carbamates (subject to hydrolysis) is 1. The van der Waals surface area contributed by atoms with Crippen molar-refractivity contribution in [1.82, 2.24) is 29.3 Å². The van der Waals surface area contributed by atoms with Gasteiger partial charge in [-0.05, 0) is 58.7 Å². The van der Waals surface area contributed by atoms with Gasteiger partial charge in [0, 0.05) is 44.8 Å². The number of rotatable bonds is 4. The number of carbonyl (C=O) groups is 1. The Labute approximate surface area is 238 Å². The van der Waals surface area contributed by atoms with Crippen LogP contribution in [0, 0.1) is 11.8 Å². The second-order valence-corrected chi connectivity index (χ2v) is 11.4. The molecule has 216 valence electrons. The second-order valence-electron chi connectivity index (χ2n) is 11.4. The van der Waals surface area contributed by atoms with Gasteiger partial charge in [0.2, 0.25) is 0 Å². The molecule has 1 N–H and O–H groups in total. The number of piperidine rings is 1. The predicted molar refractivity (Wildman–Crippen MR) is 157 cm³/mol. The summed E-state index contributed by atoms with van der Waals surface area (Å²) in [5.41, 5.74) is 0.0782. The first-order valence-corrected chi connectivity index (χ1v) is 13.7. The van der Waals surface area contributed by atoms with E-state index in [2.05, 4.69) is 32.0 Å². The van der Waals surface area contributed by atoms with Crippen molar-refractivity contribution in [3.8, 4) is 17.5 Å². The molecular weight excluding hydrogens is 524 g/mol. The van der Waals surface area contributed by atoms with Crippen molar-refractivity contribution in [3.05, 3.63) is 51.6 Å². The summed E-state index contributed by atoms with van der Waals surface area (Å²) < 4.78 is 8.18. The van der Waals surface area contributed by atoms with Gasteiger partial charge in [0.1, 0.15) is 23.4 Å². The van der Waals surface area contributed by atoms with Crippen molar-refractivity contribution in [2.24, 2.45) is 7.05 Å². The van der Waals surface area contributed by atoms with Crippen molar-refractivity contribution in [3.63, 3.8) is 0 Å². The Kier molecular flexibility index (Phi) is 7.48. The molecule has 0 radical (unpaired) electrons. The van der Waals surface area contributed by atoms with E-state index in [0.29, 0.717) is 29.3 Å². The zero-order chi connectivity index (χ0) is 29.5. The summed E-state index contributed by atoms with van der Waals surface area (Å²) in [5, 5.41) is 3.72. The molecule has 1 fully saturated rings. The summed E-state index contributed by atoms with van der Waals surface area (Å²) >= 11 is 0. The van der Waals surface area contributed by atoms with Crippen LogP contribution in [0.3, 0.4) is 0 Å². The van der Waals surface area contributed by atoms with Crippen LogP contribution in [-0.2, 0) is 11.8 Å². The average Bonchev–Trinajstić information content (AvgIpc) is 3.21. The number of benzene rings is 1. The third kappa shape index (κ3) is 5.37. The minimum atomic E-state index is -0.593. The highest BCUT2D eigenvalue weighted by atomic mass is 16.6. The quantitative estimate of drug-likeness (QED) is 0.478. The molecule has 0 saturated carbocycles. The third-order valence-electron chi connectivity index (χ3n) is 7.33. The molecule has 0 aliphatic carbocycles. The average molecular weight is 561 g/mol. The molecule has 2 aliphatic heterocycles. The van der Waals surface area contributed by atoms with E-state index in [-0.39, 0.29) is 18.9 Å². The highest BCUT2D eigenvalue weighted by Gasteiger charge is 2.43. The first-order valence-electron chi connectivity index (χ1n) is 13.7. The molecule has 0 spiro atoms. The molecule has 2 aliphatic rings. The number of likely N-dealkylation sites (tertiary alicyclic amines) is 1. The number of hydrogen-bond donors (Lipinski definition) is 1. The van der Waals surface area contributed by atoms with Gasteiger partial charge in [0.15, 0.2) is 6.29 Å². The van der Waals surface area contributed by atoms with Crippen molar-refractivity contribution in [1.29, 1.82) is 0 Å². The van der Waals surface area contributed by atoms with Crippen LogP contribution >= 0.6 is 0 Å². The fourth-order valence-corrected chi connectivity index (χ4v) is 5.69. The van der Waals surface area contributed by atoms with Gasteiger partial charge in [-0.1, -0.05) is 5.92 Å². The number of anilines is 2. The van der Waals surface area contributed by atoms with E-state index in [0.717, 1.165) is 24.8 Å². The van der Waals surface area contributed by atoms with Gasteiger partial charge in [-0.15, -0.1) is 5.92 Å². The molecule has 12 heteroatoms. The maximum Gasteiger partial charge on any atom is 0.407 e. The Balaban J connectivity index is 1.54. The summed E-state index contributed by atoms with van der Waals surface area (Å²) in [7, 11) is 3.55. The molecule has 1 amide bonds. The Morgan fingerprint density at radius 2 is 2.00 bits per heavy atom. The molecule has 3 aromatic rings. The SMILES string of the molecule is CC#CCN1c2c(n(C)c(=O)n(-c3ccc4ncncc4c3)c2=O)N(C)C1N1CCC[C@@H](NC(=O)OC(C)(C)C)C1. The van der Waals surface area contributed by atoms with Gasteiger partial charge in [0.05, 0.1) is 17.7 Å². The van der Waals surface area contributed by atoms with Crippen molar-refractivity contribution in [2.75, 3.05) is 36.5 Å². The number of amides is 1. The lowest BCUT2D eigenvalue weighted by Crippen LogP contribution is -2.60. The van der Waals surface area contributed by atoms with Crippen molar-refractivity contribution < 1.29 is 9.53 Å². The molecule has 5 rings (SSSR count). The van der Waals surface area contributed by atoms with Gasteiger partial charge in [-0.3, -0.25) is 14.3 Å². The van der Waals surface area contributed by atoms with Crippen LogP contribution in [0.1, 0.15) is 40.5 Å². The fraction of sp³-hybridized carbons (Fsp3) is 0.483. The molecule has 1 aromatic carbocycles. The lowest BCUT2D eigenvalue weighted by molar-refractivity contribution is 0.0456. The summed E-state index contributed by atoms with van der Waals surface area (Å²) in [6.07, 6.45) is 3.93. The van der Waals surface area contributed by atoms with E-state index in [1.165, 1.54) is 15.5 Å². The fourth-order valence-electron chi connectivity index (χ4n) is 5.69. The van der Waals surface area contributed by atoms with E-state index in [1.54, 1.807) is 38.4 Å². The molecule has 1 saturated heterocycles. The number of fused-ring (bicyclic) bond motifs is 2. The number of ether oxygens (including phenoxy) is 1. The minimum Gasteiger partial charge on any atom is -0.444 e. The maximum absolute atomic E-state index is 14.2. The first-order chi connectivity index (χ1) is 19.5. The van der Waals surface area contributed by atoms with Crippen LogP contribution in [0.15, 0.2) is 40.3 Å². The van der Waals surface area contributed by atoms with Crippen LogP contribution in [0.2, 0.25) is 0 Å². The van der Waals surface area contributed by atoms with E-state index in [4.69, 9.17) is 4.74 Å². The van der Waals surface area contributed by atoms with E-state index in [9.17, 15) is 14.4 Å². The summed E-state index contributed by atoms with van der Waals surface area (Å²) in [6.45, 7) is 8.84. The van der Waals surface area contributed by atoms with Gasteiger partial charge in [0.25, 0.3) is 5.56 Å². The molecule has 12 nitrogen and oxygen atoms in total. The third-order valence-corrected chi connectivity index (χ3v) is 7.33. The summed E-state index contributed by atoms with van der Waals surface area (Å²) in [6, 6.07) is 5.10. The van der Waals surface area contributed by atoms with Crippen LogP contribution in [0.4, 0.5) is 16.3 Å². The zero-order valence-corrected chi connectivity index (χ0v) is 24.3. The van der Waals surface area contributed by atoms with Gasteiger partial charge in [-0.2, -0.15) is 0 Å². The highest BCUT2D eigenvalue weighted by molar-refractivity contribution is 5.80. The van der Waals surface area contributed by atoms with Gasteiger partial charge < -0.3 is 19.9 Å². The minimum absolute atomic E-state index is 0.130. The molecular formula is C29H36N8O4. The molecule has 0 bridgehead atoms. The lowest BCUT2D eigenvalue weighted by atomic mass is 10.1. The smallest absolute Gasteiger partial charge is 0.407 e. The number of nitrogens with one attached hydrogen (secondary N) is 1. The summed E-state index contributed by atoms with van der Waals surface area (Å²) in [5.74, 6) is 6.57. The molecule has 4 heterocycles. The maximum atomic E-state index is 14.2. The van der Waals surface area contributed by atoms with Crippen LogP contribution in [0.5, 0.6) is 0 Å². The Hall–Kier alpha value is -4.37. The second kappa shape index (κ2) is 10.9. The van der Waals surface area contributed by atoms with Crippen molar-refractivity contribution in [2.45, 2.75) is 58.5 Å². The van der Waals surface area contributed by atoms with E-state index < -0.39 is 22.9 Å². The Morgan fingerprint density at radius 1 is 1.22 bits per heavy atom. The van der Waals surface area contributed by atoms with Crippen LogP contribution in [-0.4, -0.2) is 74.7 Å². The molecule has 41 heavy (non-hydrogen) atoms. The topological polar surface area (TPSA) is 118 Å². The Bertz CT molecular complexity index is 1660. The zero-order valence-electron chi connectivity index (χ0n) is 24.3. The standard InChI is InChI=1S/C29H36N8O4/c1-7-8-14-36-23-24(33(5)27(36)35-13-9-10-20(17-35)32-26(39)41-29(2,3)4)34(6)28(40)37(25(23)38)21-11-12-22-19(15-21)16-30-18-31-22/h11-12,15-16,18,20,27H,9-10,13-14,17H2,1-6H3,(H,32,39)/t20-,27?/m1/s1. The van der Waals surface area contributed by atoms with E-state index >= 15 is 0 Å². The van der Waals surface area contributed by atoms with E-state index in [1.807, 2.05) is 37.6 Å². The normalized spacial score (nSPS) is 19.1. The summed E-state index contributed by atoms with van der Waals surface area (Å²) in [4.78, 5) is 54.8. The van der Waals surface area contributed by atoms with Crippen LogP contribution in [0.25, 0.3) is 16.6 Å². The number of aromatic nitrogens is 4. The number of hydrogen-bond acceptors (Lipinski definition) is 9.